The molecule has 8 N–H and O–H groups in total. The second-order valence-corrected chi connectivity index (χ2v) is 10.8. The molecule has 11 nitrogen and oxygen atoms in total. The third-order valence-electron chi connectivity index (χ3n) is 7.41. The average Bonchev–Trinajstić information content (AvgIpc) is 2.93. The molecule has 232 valence electrons. The van der Waals surface area contributed by atoms with Crippen LogP contribution in [0.5, 0.6) is 0 Å². The maximum absolute atomic E-state index is 12.7. The Kier molecular flexibility index (Phi) is 19.4. The monoisotopic (exact) mass is 565 g/mol. The summed E-state index contributed by atoms with van der Waals surface area (Å²) in [5.74, 6) is -0.711. The number of unbranched alkanes of at least 4 members (excludes halogenated alkanes) is 10. The van der Waals surface area contributed by atoms with Gasteiger partial charge in [0.25, 0.3) is 0 Å². The molecule has 9 unspecified atom stereocenters. The van der Waals surface area contributed by atoms with E-state index in [1.165, 1.54) is 25.7 Å². The van der Waals surface area contributed by atoms with Crippen LogP contribution in [0.25, 0.3) is 0 Å². The van der Waals surface area contributed by atoms with E-state index in [4.69, 9.17) is 9.47 Å². The fraction of sp³-hybridized carbons (Fsp3) is 0.964. The molecule has 0 aromatic heterocycles. The van der Waals surface area contributed by atoms with Crippen LogP contribution < -0.4 is 5.32 Å². The van der Waals surface area contributed by atoms with Gasteiger partial charge in [-0.25, -0.2) is 0 Å². The van der Waals surface area contributed by atoms with Gasteiger partial charge in [-0.3, -0.25) is 4.79 Å². The van der Waals surface area contributed by atoms with E-state index < -0.39 is 74.2 Å². The van der Waals surface area contributed by atoms with Crippen LogP contribution in [0.3, 0.4) is 0 Å². The van der Waals surface area contributed by atoms with Crippen LogP contribution in [0.2, 0.25) is 0 Å². The van der Waals surface area contributed by atoms with Crippen molar-refractivity contribution in [2.75, 3.05) is 13.2 Å². The van der Waals surface area contributed by atoms with Crippen molar-refractivity contribution in [3.05, 3.63) is 0 Å². The van der Waals surface area contributed by atoms with Crippen LogP contribution in [-0.2, 0) is 14.3 Å². The number of hydrogen-bond acceptors (Lipinski definition) is 10. The van der Waals surface area contributed by atoms with E-state index in [1.54, 1.807) is 0 Å². The molecule has 1 fully saturated rings. The molecule has 0 saturated carbocycles. The van der Waals surface area contributed by atoms with E-state index >= 15 is 0 Å². The summed E-state index contributed by atoms with van der Waals surface area (Å²) >= 11 is 0. The van der Waals surface area contributed by atoms with E-state index in [2.05, 4.69) is 19.2 Å². The minimum Gasteiger partial charge on any atom is -0.394 e. The molecule has 1 heterocycles. The first-order chi connectivity index (χ1) is 18.7. The van der Waals surface area contributed by atoms with Gasteiger partial charge in [-0.1, -0.05) is 90.9 Å². The Hall–Kier alpha value is -0.890. The molecule has 0 aromatic rings. The van der Waals surface area contributed by atoms with E-state index in [1.807, 2.05) is 0 Å². The predicted octanol–water partition coefficient (Wildman–Crippen LogP) is 0.872. The van der Waals surface area contributed by atoms with Gasteiger partial charge in [-0.2, -0.15) is 0 Å². The van der Waals surface area contributed by atoms with Gasteiger partial charge in [-0.05, 0) is 12.8 Å². The number of nitrogens with one attached hydrogen (secondary N) is 1. The third-order valence-corrected chi connectivity index (χ3v) is 7.41. The van der Waals surface area contributed by atoms with Crippen LogP contribution in [0.1, 0.15) is 104 Å². The van der Waals surface area contributed by atoms with Crippen molar-refractivity contribution in [1.82, 2.24) is 5.32 Å². The van der Waals surface area contributed by atoms with Crippen LogP contribution in [-0.4, -0.2) is 110 Å². The molecule has 0 aliphatic carbocycles. The first-order valence-electron chi connectivity index (χ1n) is 14.9. The molecule has 0 spiro atoms. The van der Waals surface area contributed by atoms with Crippen LogP contribution in [0.15, 0.2) is 0 Å². The fourth-order valence-corrected chi connectivity index (χ4v) is 4.73. The SMILES string of the molecule is CCCCCCCCCCC(O)C(=O)NC(COC1OC(CO)C(O)C(O)C1O)C(O)C(O)CCCCCC. The number of hydrogen-bond donors (Lipinski definition) is 8. The highest BCUT2D eigenvalue weighted by atomic mass is 16.7. The zero-order chi connectivity index (χ0) is 29.2. The van der Waals surface area contributed by atoms with E-state index in [0.717, 1.165) is 38.5 Å². The minimum atomic E-state index is -1.65. The topological polar surface area (TPSA) is 189 Å². The molecule has 9 atom stereocenters. The maximum atomic E-state index is 12.7. The van der Waals surface area contributed by atoms with Crippen LogP contribution >= 0.6 is 0 Å². The molecule has 1 rings (SSSR count). The van der Waals surface area contributed by atoms with Gasteiger partial charge in [0.2, 0.25) is 5.91 Å². The third kappa shape index (κ3) is 13.5. The first kappa shape index (κ1) is 36.1. The minimum absolute atomic E-state index is 0.261. The highest BCUT2D eigenvalue weighted by Gasteiger charge is 2.44. The lowest BCUT2D eigenvalue weighted by Gasteiger charge is -2.40. The molecule has 1 aliphatic heterocycles. The Bertz CT molecular complexity index is 625. The Morgan fingerprint density at radius 1 is 0.795 bits per heavy atom. The van der Waals surface area contributed by atoms with Gasteiger partial charge in [0.1, 0.15) is 36.6 Å². The predicted molar refractivity (Wildman–Crippen MR) is 146 cm³/mol. The summed E-state index contributed by atoms with van der Waals surface area (Å²) < 4.78 is 10.9. The summed E-state index contributed by atoms with van der Waals surface area (Å²) in [6.45, 7) is 3.18. The Labute approximate surface area is 233 Å². The van der Waals surface area contributed by atoms with Crippen molar-refractivity contribution in [2.45, 2.75) is 159 Å². The molecular formula is C28H55NO10. The number of rotatable bonds is 22. The van der Waals surface area contributed by atoms with Gasteiger partial charge in [0, 0.05) is 0 Å². The smallest absolute Gasteiger partial charge is 0.249 e. The van der Waals surface area contributed by atoms with Gasteiger partial charge in [0.05, 0.1) is 25.4 Å². The van der Waals surface area contributed by atoms with Crippen molar-refractivity contribution in [3.63, 3.8) is 0 Å². The summed E-state index contributed by atoms with van der Waals surface area (Å²) in [5.41, 5.74) is 0. The van der Waals surface area contributed by atoms with Gasteiger partial charge < -0.3 is 50.5 Å². The lowest BCUT2D eigenvalue weighted by Crippen LogP contribution is -2.60. The van der Waals surface area contributed by atoms with E-state index in [9.17, 15) is 40.5 Å². The highest BCUT2D eigenvalue weighted by molar-refractivity contribution is 5.80. The highest BCUT2D eigenvalue weighted by Crippen LogP contribution is 2.23. The molecule has 0 aromatic carbocycles. The molecule has 0 radical (unpaired) electrons. The molecule has 0 bridgehead atoms. The number of amides is 1. The second kappa shape index (κ2) is 20.9. The lowest BCUT2D eigenvalue weighted by atomic mass is 9.98. The standard InChI is InChI=1S/C28H55NO10/c1-3-5-7-9-10-11-12-14-16-21(32)27(37)29-19(23(33)20(31)15-13-8-6-4-2)18-38-28-26(36)25(35)24(34)22(17-30)39-28/h19-26,28,30-36H,3-18H2,1-2H3,(H,29,37). The maximum Gasteiger partial charge on any atom is 0.249 e. The first-order valence-corrected chi connectivity index (χ1v) is 14.9. The van der Waals surface area contributed by atoms with Crippen molar-refractivity contribution < 1.29 is 50.0 Å². The summed E-state index contributed by atoms with van der Waals surface area (Å²) in [6.07, 6.45) is 1.33. The summed E-state index contributed by atoms with van der Waals surface area (Å²) in [5, 5.41) is 73.9. The molecule has 1 amide bonds. The quantitative estimate of drug-likeness (QED) is 0.0875. The summed E-state index contributed by atoms with van der Waals surface area (Å²) in [6, 6.07) is -1.15. The zero-order valence-corrected chi connectivity index (χ0v) is 23.9. The summed E-state index contributed by atoms with van der Waals surface area (Å²) in [4.78, 5) is 12.7. The van der Waals surface area contributed by atoms with E-state index in [0.29, 0.717) is 19.3 Å². The number of carbonyl (C=O) groups is 1. The second-order valence-electron chi connectivity index (χ2n) is 10.8. The normalized spacial score (nSPS) is 26.6. The van der Waals surface area contributed by atoms with Gasteiger partial charge >= 0.3 is 0 Å². The molecule has 1 aliphatic rings. The van der Waals surface area contributed by atoms with E-state index in [-0.39, 0.29) is 6.42 Å². The lowest BCUT2D eigenvalue weighted by molar-refractivity contribution is -0.303. The fourth-order valence-electron chi connectivity index (χ4n) is 4.73. The molecule has 1 saturated heterocycles. The molecular weight excluding hydrogens is 510 g/mol. The largest absolute Gasteiger partial charge is 0.394 e. The zero-order valence-electron chi connectivity index (χ0n) is 23.9. The Balaban J connectivity index is 2.69. The van der Waals surface area contributed by atoms with Crippen LogP contribution in [0, 0.1) is 0 Å². The Morgan fingerprint density at radius 2 is 1.33 bits per heavy atom. The number of aliphatic hydroxyl groups is 7. The van der Waals surface area contributed by atoms with Crippen molar-refractivity contribution in [2.24, 2.45) is 0 Å². The number of ether oxygens (including phenoxy) is 2. The van der Waals surface area contributed by atoms with Crippen molar-refractivity contribution in [3.8, 4) is 0 Å². The number of aliphatic hydroxyl groups excluding tert-OH is 7. The van der Waals surface area contributed by atoms with Crippen molar-refractivity contribution in [1.29, 1.82) is 0 Å². The van der Waals surface area contributed by atoms with Crippen molar-refractivity contribution >= 4 is 5.91 Å². The van der Waals surface area contributed by atoms with Gasteiger partial charge in [0.15, 0.2) is 6.29 Å². The van der Waals surface area contributed by atoms with Crippen LogP contribution in [0.4, 0.5) is 0 Å². The average molecular weight is 566 g/mol. The summed E-state index contributed by atoms with van der Waals surface area (Å²) in [7, 11) is 0. The molecule has 39 heavy (non-hydrogen) atoms. The molecule has 11 heteroatoms. The van der Waals surface area contributed by atoms with Gasteiger partial charge in [-0.15, -0.1) is 0 Å². The Morgan fingerprint density at radius 3 is 1.92 bits per heavy atom. The number of carbonyl (C=O) groups excluding carboxylic acids is 1.